The van der Waals surface area contributed by atoms with Crippen molar-refractivity contribution in [3.8, 4) is 0 Å². The van der Waals surface area contributed by atoms with Crippen LogP contribution in [0.2, 0.25) is 0 Å². The number of rotatable bonds is 5. The predicted molar refractivity (Wildman–Crippen MR) is 133 cm³/mol. The average Bonchev–Trinajstić information content (AvgIpc) is 3.33. The number of anilines is 1. The molecule has 0 spiro atoms. The zero-order chi connectivity index (χ0) is 25.4. The van der Waals surface area contributed by atoms with Gasteiger partial charge in [0, 0.05) is 30.4 Å². The van der Waals surface area contributed by atoms with Gasteiger partial charge >= 0.3 is 6.03 Å². The largest absolute Gasteiger partial charge is 0.328 e. The van der Waals surface area contributed by atoms with Crippen LogP contribution < -0.4 is 10.6 Å². The van der Waals surface area contributed by atoms with E-state index >= 15 is 0 Å². The maximum Gasteiger partial charge on any atom is 0.328 e. The van der Waals surface area contributed by atoms with Crippen LogP contribution in [0.4, 0.5) is 21.9 Å². The molecule has 0 aromatic heterocycles. The van der Waals surface area contributed by atoms with Crippen molar-refractivity contribution < 1.29 is 19.3 Å². The number of amides is 4. The zero-order valence-electron chi connectivity index (χ0n) is 19.0. The molecular weight excluding hydrogens is 462 g/mol. The van der Waals surface area contributed by atoms with Gasteiger partial charge in [-0.15, -0.1) is 0 Å². The zero-order valence-corrected chi connectivity index (χ0v) is 19.0. The van der Waals surface area contributed by atoms with Gasteiger partial charge < -0.3 is 10.6 Å². The highest BCUT2D eigenvalue weighted by molar-refractivity contribution is 6.24. The number of nitrogens with zero attached hydrogens (tertiary/aromatic N) is 3. The van der Waals surface area contributed by atoms with Gasteiger partial charge in [-0.1, -0.05) is 42.5 Å². The Bertz CT molecular complexity index is 1480. The first-order valence-electron chi connectivity index (χ1n) is 11.0. The monoisotopic (exact) mass is 481 g/mol. The number of carbonyl (C=O) groups is 3. The number of nitro benzene ring substituents is 1. The molecule has 178 valence electrons. The third-order valence-electron chi connectivity index (χ3n) is 5.95. The van der Waals surface area contributed by atoms with Crippen LogP contribution >= 0.6 is 0 Å². The summed E-state index contributed by atoms with van der Waals surface area (Å²) in [5.41, 5.74) is 3.41. The van der Waals surface area contributed by atoms with E-state index in [-0.39, 0.29) is 17.3 Å². The fourth-order valence-corrected chi connectivity index (χ4v) is 4.11. The van der Waals surface area contributed by atoms with Crippen molar-refractivity contribution in [1.82, 2.24) is 10.2 Å². The standard InChI is InChI=1S/C26H19N5O5/c1-30-25(33)21(29-26(30)34)13-15-7-9-17(10-8-15)27-23(16-5-3-2-4-6-16)22-19-14-18(31(35)36)11-12-20(19)28-24(22)32/h2-14,22H,1H3,(H,28,32)(H,29,34). The molecule has 3 aromatic rings. The van der Waals surface area contributed by atoms with E-state index in [1.807, 2.05) is 30.3 Å². The molecule has 2 aliphatic heterocycles. The van der Waals surface area contributed by atoms with Crippen molar-refractivity contribution in [2.75, 3.05) is 12.4 Å². The van der Waals surface area contributed by atoms with Gasteiger partial charge in [-0.25, -0.2) is 4.79 Å². The molecule has 1 unspecified atom stereocenters. The van der Waals surface area contributed by atoms with Gasteiger partial charge in [0.15, 0.2) is 0 Å². The molecule has 10 nitrogen and oxygen atoms in total. The third kappa shape index (κ3) is 4.11. The molecule has 5 rings (SSSR count). The first-order chi connectivity index (χ1) is 17.3. The van der Waals surface area contributed by atoms with E-state index in [1.165, 1.54) is 25.2 Å². The van der Waals surface area contributed by atoms with Crippen LogP contribution in [0.5, 0.6) is 0 Å². The Morgan fingerprint density at radius 2 is 1.72 bits per heavy atom. The van der Waals surface area contributed by atoms with Gasteiger partial charge in [0.05, 0.1) is 16.3 Å². The molecule has 0 saturated carbocycles. The lowest BCUT2D eigenvalue weighted by Gasteiger charge is -2.14. The smallest absolute Gasteiger partial charge is 0.325 e. The minimum Gasteiger partial charge on any atom is -0.325 e. The molecule has 1 fully saturated rings. The van der Waals surface area contributed by atoms with E-state index in [0.29, 0.717) is 33.8 Å². The highest BCUT2D eigenvalue weighted by Crippen LogP contribution is 2.38. The summed E-state index contributed by atoms with van der Waals surface area (Å²) in [4.78, 5) is 53.4. The van der Waals surface area contributed by atoms with Crippen LogP contribution in [0.25, 0.3) is 6.08 Å². The maximum absolute atomic E-state index is 13.0. The van der Waals surface area contributed by atoms with E-state index in [0.717, 1.165) is 4.90 Å². The summed E-state index contributed by atoms with van der Waals surface area (Å²) in [6, 6.07) is 19.8. The molecule has 36 heavy (non-hydrogen) atoms. The number of imide groups is 1. The van der Waals surface area contributed by atoms with Crippen LogP contribution in [-0.4, -0.2) is 40.4 Å². The minimum absolute atomic E-state index is 0.112. The second kappa shape index (κ2) is 8.91. The van der Waals surface area contributed by atoms with E-state index < -0.39 is 22.8 Å². The average molecular weight is 481 g/mol. The number of hydrogen-bond donors (Lipinski definition) is 2. The summed E-state index contributed by atoms with van der Waals surface area (Å²) >= 11 is 0. The number of fused-ring (bicyclic) bond motifs is 1. The molecule has 10 heteroatoms. The number of carbonyl (C=O) groups excluding carboxylic acids is 3. The summed E-state index contributed by atoms with van der Waals surface area (Å²) in [6.45, 7) is 0. The van der Waals surface area contributed by atoms with Gasteiger partial charge in [-0.05, 0) is 35.4 Å². The van der Waals surface area contributed by atoms with Crippen LogP contribution in [0.1, 0.15) is 22.6 Å². The van der Waals surface area contributed by atoms with Gasteiger partial charge in [0.2, 0.25) is 5.91 Å². The molecule has 4 amide bonds. The van der Waals surface area contributed by atoms with Crippen molar-refractivity contribution in [1.29, 1.82) is 0 Å². The second-order valence-corrected chi connectivity index (χ2v) is 8.26. The SMILES string of the molecule is CN1C(=O)NC(=Cc2ccc(N=C(c3ccccc3)C3C(=O)Nc4ccc([N+](=O)[O-])cc43)cc2)C1=O. The molecule has 1 saturated heterocycles. The summed E-state index contributed by atoms with van der Waals surface area (Å²) < 4.78 is 0. The Morgan fingerprint density at radius 1 is 1.00 bits per heavy atom. The quantitative estimate of drug-likeness (QED) is 0.187. The van der Waals surface area contributed by atoms with Gasteiger partial charge in [-0.3, -0.25) is 29.6 Å². The van der Waals surface area contributed by atoms with E-state index in [4.69, 9.17) is 4.99 Å². The molecular formula is C26H19N5O5. The van der Waals surface area contributed by atoms with Crippen molar-refractivity contribution in [3.63, 3.8) is 0 Å². The molecule has 1 atom stereocenters. The van der Waals surface area contributed by atoms with E-state index in [1.54, 1.807) is 30.3 Å². The molecule has 0 radical (unpaired) electrons. The Morgan fingerprint density at radius 3 is 2.36 bits per heavy atom. The lowest BCUT2D eigenvalue weighted by Crippen LogP contribution is -2.25. The number of likely N-dealkylation sites (N-methyl/N-ethyl adjacent to an activating group) is 1. The lowest BCUT2D eigenvalue weighted by atomic mass is 9.90. The van der Waals surface area contributed by atoms with Crippen molar-refractivity contribution in [3.05, 3.63) is 105 Å². The number of nitro groups is 1. The van der Waals surface area contributed by atoms with Crippen molar-refractivity contribution >= 4 is 46.7 Å². The Hall–Kier alpha value is -5.12. The number of hydrogen-bond acceptors (Lipinski definition) is 6. The lowest BCUT2D eigenvalue weighted by molar-refractivity contribution is -0.384. The topological polar surface area (TPSA) is 134 Å². The van der Waals surface area contributed by atoms with Gasteiger partial charge in [-0.2, -0.15) is 0 Å². The highest BCUT2D eigenvalue weighted by Gasteiger charge is 2.36. The van der Waals surface area contributed by atoms with Gasteiger partial charge in [0.1, 0.15) is 11.6 Å². The Labute approximate surface area is 205 Å². The first kappa shape index (κ1) is 22.7. The predicted octanol–water partition coefficient (Wildman–Crippen LogP) is 3.97. The van der Waals surface area contributed by atoms with E-state index in [2.05, 4.69) is 10.6 Å². The fourth-order valence-electron chi connectivity index (χ4n) is 4.11. The number of non-ortho nitro benzene ring substituents is 1. The highest BCUT2D eigenvalue weighted by atomic mass is 16.6. The number of nitrogens with one attached hydrogen (secondary N) is 2. The Balaban J connectivity index is 1.54. The molecule has 0 bridgehead atoms. The van der Waals surface area contributed by atoms with Crippen LogP contribution in [0, 0.1) is 10.1 Å². The second-order valence-electron chi connectivity index (χ2n) is 8.26. The van der Waals surface area contributed by atoms with E-state index in [9.17, 15) is 24.5 Å². The van der Waals surface area contributed by atoms with Gasteiger partial charge in [0.25, 0.3) is 11.6 Å². The molecule has 0 aliphatic carbocycles. The van der Waals surface area contributed by atoms with Crippen LogP contribution in [0.3, 0.4) is 0 Å². The van der Waals surface area contributed by atoms with Crippen molar-refractivity contribution in [2.45, 2.75) is 5.92 Å². The van der Waals surface area contributed by atoms with Crippen LogP contribution in [-0.2, 0) is 9.59 Å². The first-order valence-corrected chi connectivity index (χ1v) is 11.0. The third-order valence-corrected chi connectivity index (χ3v) is 5.95. The molecule has 2 aliphatic rings. The van der Waals surface area contributed by atoms with Crippen LogP contribution in [0.15, 0.2) is 83.5 Å². The minimum atomic E-state index is -0.842. The maximum atomic E-state index is 13.0. The molecule has 2 heterocycles. The van der Waals surface area contributed by atoms with Crippen molar-refractivity contribution in [2.24, 2.45) is 4.99 Å². The normalized spacial score (nSPS) is 18.3. The summed E-state index contributed by atoms with van der Waals surface area (Å²) in [5.74, 6) is -1.59. The summed E-state index contributed by atoms with van der Waals surface area (Å²) in [5, 5.41) is 16.7. The number of aliphatic imine (C=N–C) groups is 1. The Kier molecular flexibility index (Phi) is 5.61. The molecule has 2 N–H and O–H groups in total. The summed E-state index contributed by atoms with van der Waals surface area (Å²) in [6.07, 6.45) is 1.56. The summed E-state index contributed by atoms with van der Waals surface area (Å²) in [7, 11) is 1.40. The number of benzene rings is 3. The molecule has 3 aromatic carbocycles. The number of urea groups is 1. The fraction of sp³-hybridized carbons (Fsp3) is 0.0769.